The van der Waals surface area contributed by atoms with E-state index in [9.17, 15) is 14.3 Å². The maximum atomic E-state index is 13.1. The molecule has 2 rings (SSSR count). The van der Waals surface area contributed by atoms with Gasteiger partial charge >= 0.3 is 0 Å². The molecule has 1 fully saturated rings. The first-order chi connectivity index (χ1) is 7.80. The fraction of sp³-hybridized carbons (Fsp3) is 0.364. The lowest BCUT2D eigenvalue weighted by molar-refractivity contribution is -0.0669. The lowest BCUT2D eigenvalue weighted by Gasteiger charge is -2.44. The maximum absolute atomic E-state index is 13.1. The van der Waals surface area contributed by atoms with Crippen molar-refractivity contribution in [1.29, 1.82) is 0 Å². The van der Waals surface area contributed by atoms with E-state index in [1.54, 1.807) is 6.92 Å². The van der Waals surface area contributed by atoms with Crippen LogP contribution in [0.15, 0.2) is 16.6 Å². The van der Waals surface area contributed by atoms with Gasteiger partial charge in [-0.15, -0.1) is 0 Å². The van der Waals surface area contributed by atoms with Crippen LogP contribution in [0.25, 0.3) is 0 Å². The first-order valence-corrected chi connectivity index (χ1v) is 5.86. The highest BCUT2D eigenvalue weighted by Gasteiger charge is 2.40. The zero-order valence-electron chi connectivity index (χ0n) is 9.20. The number of amides is 1. The summed E-state index contributed by atoms with van der Waals surface area (Å²) in [6.07, 6.45) is 0. The van der Waals surface area contributed by atoms with Gasteiger partial charge in [-0.05, 0) is 35.0 Å². The summed E-state index contributed by atoms with van der Waals surface area (Å²) in [5.74, 6) is -0.834. The standard InChI is InChI=1S/C11H12BrFN2O2/c1-11(17)4-15(5-11)10(16)6-2-9(14)8(13)3-7(6)12/h2-3,17H,4-5,14H2,1H3. The van der Waals surface area contributed by atoms with Crippen LogP contribution < -0.4 is 5.73 Å². The molecule has 17 heavy (non-hydrogen) atoms. The smallest absolute Gasteiger partial charge is 0.255 e. The predicted octanol–water partition coefficient (Wildman–Crippen LogP) is 1.38. The molecule has 1 aromatic rings. The predicted molar refractivity (Wildman–Crippen MR) is 65.0 cm³/mol. The topological polar surface area (TPSA) is 66.6 Å². The van der Waals surface area contributed by atoms with E-state index in [4.69, 9.17) is 5.73 Å². The van der Waals surface area contributed by atoms with Gasteiger partial charge in [0.15, 0.2) is 0 Å². The average Bonchev–Trinajstić information content (AvgIpc) is 2.19. The van der Waals surface area contributed by atoms with Gasteiger partial charge in [0.25, 0.3) is 5.91 Å². The molecule has 0 saturated carbocycles. The number of nitrogens with two attached hydrogens (primary N) is 1. The second kappa shape index (κ2) is 3.96. The van der Waals surface area contributed by atoms with Gasteiger partial charge in [0.2, 0.25) is 0 Å². The second-order valence-electron chi connectivity index (χ2n) is 4.51. The van der Waals surface area contributed by atoms with Gasteiger partial charge in [0.05, 0.1) is 29.9 Å². The van der Waals surface area contributed by atoms with E-state index in [2.05, 4.69) is 15.9 Å². The number of hydrogen-bond donors (Lipinski definition) is 2. The number of carbonyl (C=O) groups excluding carboxylic acids is 1. The van der Waals surface area contributed by atoms with Crippen molar-refractivity contribution in [3.63, 3.8) is 0 Å². The Morgan fingerprint density at radius 2 is 2.18 bits per heavy atom. The van der Waals surface area contributed by atoms with Gasteiger partial charge in [0.1, 0.15) is 5.82 Å². The summed E-state index contributed by atoms with van der Waals surface area (Å²) in [5, 5.41) is 9.56. The Bertz CT molecular complexity index is 483. The minimum atomic E-state index is -0.826. The maximum Gasteiger partial charge on any atom is 0.255 e. The molecular weight excluding hydrogens is 291 g/mol. The van der Waals surface area contributed by atoms with Crippen LogP contribution >= 0.6 is 15.9 Å². The molecule has 1 saturated heterocycles. The van der Waals surface area contributed by atoms with E-state index in [-0.39, 0.29) is 24.7 Å². The van der Waals surface area contributed by atoms with Gasteiger partial charge in [-0.3, -0.25) is 4.79 Å². The fourth-order valence-electron chi connectivity index (χ4n) is 1.82. The molecule has 1 aromatic carbocycles. The van der Waals surface area contributed by atoms with Gasteiger partial charge in [0, 0.05) is 4.47 Å². The lowest BCUT2D eigenvalue weighted by atomic mass is 9.96. The molecular formula is C11H12BrFN2O2. The van der Waals surface area contributed by atoms with Crippen molar-refractivity contribution in [2.75, 3.05) is 18.8 Å². The number of halogens is 2. The Morgan fingerprint density at radius 1 is 1.59 bits per heavy atom. The Labute approximate surface area is 106 Å². The zero-order valence-corrected chi connectivity index (χ0v) is 10.8. The molecule has 6 heteroatoms. The summed E-state index contributed by atoms with van der Waals surface area (Å²) >= 11 is 3.13. The number of rotatable bonds is 1. The average molecular weight is 303 g/mol. The number of nitrogens with zero attached hydrogens (tertiary/aromatic N) is 1. The van der Waals surface area contributed by atoms with Gasteiger partial charge < -0.3 is 15.7 Å². The molecule has 0 aromatic heterocycles. The molecule has 0 aliphatic carbocycles. The number of aliphatic hydroxyl groups is 1. The molecule has 1 aliphatic rings. The molecule has 0 spiro atoms. The first-order valence-electron chi connectivity index (χ1n) is 5.06. The minimum absolute atomic E-state index is 0.0659. The summed E-state index contributed by atoms with van der Waals surface area (Å²) in [5.41, 5.74) is 4.84. The normalized spacial score (nSPS) is 17.8. The van der Waals surface area contributed by atoms with Gasteiger partial charge in [-0.25, -0.2) is 4.39 Å². The SMILES string of the molecule is CC1(O)CN(C(=O)c2cc(N)c(F)cc2Br)C1. The van der Waals surface area contributed by atoms with Gasteiger partial charge in [-0.1, -0.05) is 0 Å². The monoisotopic (exact) mass is 302 g/mol. The van der Waals surface area contributed by atoms with Crippen molar-refractivity contribution in [3.05, 3.63) is 28.0 Å². The molecule has 1 aliphatic heterocycles. The fourth-order valence-corrected chi connectivity index (χ4v) is 2.30. The highest BCUT2D eigenvalue weighted by Crippen LogP contribution is 2.28. The third kappa shape index (κ3) is 2.28. The highest BCUT2D eigenvalue weighted by molar-refractivity contribution is 9.10. The van der Waals surface area contributed by atoms with E-state index in [1.807, 2.05) is 0 Å². The highest BCUT2D eigenvalue weighted by atomic mass is 79.9. The van der Waals surface area contributed by atoms with Crippen molar-refractivity contribution in [2.45, 2.75) is 12.5 Å². The lowest BCUT2D eigenvalue weighted by Crippen LogP contribution is -2.61. The molecule has 0 bridgehead atoms. The molecule has 4 nitrogen and oxygen atoms in total. The Hall–Kier alpha value is -1.14. The van der Waals surface area contributed by atoms with Crippen LogP contribution in [0.2, 0.25) is 0 Å². The molecule has 1 heterocycles. The van der Waals surface area contributed by atoms with E-state index in [0.29, 0.717) is 10.0 Å². The molecule has 3 N–H and O–H groups in total. The van der Waals surface area contributed by atoms with Crippen LogP contribution in [0.5, 0.6) is 0 Å². The largest absolute Gasteiger partial charge is 0.396 e. The van der Waals surface area contributed by atoms with Gasteiger partial charge in [-0.2, -0.15) is 0 Å². The third-order valence-electron chi connectivity index (χ3n) is 2.67. The zero-order chi connectivity index (χ0) is 12.8. The van der Waals surface area contributed by atoms with Crippen LogP contribution in [-0.4, -0.2) is 34.6 Å². The van der Waals surface area contributed by atoms with Crippen LogP contribution in [0.1, 0.15) is 17.3 Å². The molecule has 0 atom stereocenters. The molecule has 1 amide bonds. The number of benzene rings is 1. The Morgan fingerprint density at radius 3 is 2.71 bits per heavy atom. The van der Waals surface area contributed by atoms with Crippen molar-refractivity contribution in [1.82, 2.24) is 4.90 Å². The Balaban J connectivity index is 2.24. The van der Waals surface area contributed by atoms with Crippen LogP contribution in [0, 0.1) is 5.82 Å². The molecule has 92 valence electrons. The summed E-state index contributed by atoms with van der Waals surface area (Å²) in [6.45, 7) is 2.20. The molecule has 0 unspecified atom stereocenters. The minimum Gasteiger partial charge on any atom is -0.396 e. The van der Waals surface area contributed by atoms with Crippen LogP contribution in [0.3, 0.4) is 0 Å². The van der Waals surface area contributed by atoms with Crippen molar-refractivity contribution >= 4 is 27.5 Å². The number of β-amino-alcohol motifs (C(OH)–C–C–N with tert-alkyl or cyclic N) is 1. The number of likely N-dealkylation sites (tertiary alicyclic amines) is 1. The quantitative estimate of drug-likeness (QED) is 0.770. The van der Waals surface area contributed by atoms with Crippen molar-refractivity contribution < 1.29 is 14.3 Å². The van der Waals surface area contributed by atoms with E-state index >= 15 is 0 Å². The van der Waals surface area contributed by atoms with E-state index in [0.717, 1.165) is 0 Å². The van der Waals surface area contributed by atoms with Crippen LogP contribution in [0.4, 0.5) is 10.1 Å². The van der Waals surface area contributed by atoms with Crippen LogP contribution in [-0.2, 0) is 0 Å². The number of hydrogen-bond acceptors (Lipinski definition) is 3. The number of anilines is 1. The summed E-state index contributed by atoms with van der Waals surface area (Å²) in [4.78, 5) is 13.5. The number of carbonyl (C=O) groups is 1. The van der Waals surface area contributed by atoms with E-state index in [1.165, 1.54) is 17.0 Å². The Kier molecular flexibility index (Phi) is 2.87. The van der Waals surface area contributed by atoms with Crippen molar-refractivity contribution in [2.24, 2.45) is 0 Å². The number of nitrogen functional groups attached to an aromatic ring is 1. The summed E-state index contributed by atoms with van der Waals surface area (Å²) < 4.78 is 13.5. The summed E-state index contributed by atoms with van der Waals surface area (Å²) in [7, 11) is 0. The van der Waals surface area contributed by atoms with Crippen molar-refractivity contribution in [3.8, 4) is 0 Å². The second-order valence-corrected chi connectivity index (χ2v) is 5.37. The third-order valence-corrected chi connectivity index (χ3v) is 3.32. The first kappa shape index (κ1) is 12.3. The summed E-state index contributed by atoms with van der Waals surface area (Å²) in [6, 6.07) is 2.47. The van der Waals surface area contributed by atoms with E-state index < -0.39 is 11.4 Å². The molecule has 0 radical (unpaired) electrons.